The van der Waals surface area contributed by atoms with Gasteiger partial charge in [0.05, 0.1) is 0 Å². The Morgan fingerprint density at radius 2 is 1.43 bits per heavy atom. The number of hydrogen-bond acceptors (Lipinski definition) is 3. The number of hydrogen-bond donors (Lipinski definition) is 0. The highest BCUT2D eigenvalue weighted by Gasteiger charge is 2.34. The second-order valence-corrected chi connectivity index (χ2v) is 6.50. The minimum absolute atomic E-state index is 0.0393. The molecular formula is C20H36O3. The van der Waals surface area contributed by atoms with Crippen LogP contribution in [0.25, 0.3) is 0 Å². The summed E-state index contributed by atoms with van der Waals surface area (Å²) in [7, 11) is 0. The molecule has 0 amide bonds. The van der Waals surface area contributed by atoms with Gasteiger partial charge in [0.25, 0.3) is 0 Å². The molecule has 0 aromatic rings. The van der Waals surface area contributed by atoms with Gasteiger partial charge in [-0.05, 0) is 44.9 Å². The Bertz CT molecular complexity index is 378. The fourth-order valence-electron chi connectivity index (χ4n) is 3.56. The van der Waals surface area contributed by atoms with Gasteiger partial charge in [-0.25, -0.2) is 0 Å². The van der Waals surface area contributed by atoms with Crippen LogP contribution in [-0.2, 0) is 14.4 Å². The Hall–Kier alpha value is -0.990. The van der Waals surface area contributed by atoms with E-state index < -0.39 is 0 Å². The van der Waals surface area contributed by atoms with Gasteiger partial charge in [-0.1, -0.05) is 34.6 Å². The molecule has 2 rings (SSSR count). The van der Waals surface area contributed by atoms with Gasteiger partial charge in [-0.3, -0.25) is 14.4 Å². The van der Waals surface area contributed by atoms with Crippen molar-refractivity contribution in [3.8, 4) is 0 Å². The molecule has 0 spiro atoms. The second kappa shape index (κ2) is 11.5. The molecule has 2 unspecified atom stereocenters. The molecule has 3 heteroatoms. The Morgan fingerprint density at radius 1 is 0.913 bits per heavy atom. The molecule has 0 radical (unpaired) electrons. The van der Waals surface area contributed by atoms with E-state index in [0.29, 0.717) is 24.5 Å². The molecular weight excluding hydrogens is 288 g/mol. The van der Waals surface area contributed by atoms with Crippen LogP contribution in [0.3, 0.4) is 0 Å². The maximum Gasteiger partial charge on any atom is 0.137 e. The normalized spacial score (nSPS) is 30.5. The van der Waals surface area contributed by atoms with Crippen LogP contribution < -0.4 is 0 Å². The lowest BCUT2D eigenvalue weighted by Crippen LogP contribution is -2.33. The molecule has 0 aromatic heterocycles. The van der Waals surface area contributed by atoms with Gasteiger partial charge in [0.1, 0.15) is 17.3 Å². The first kappa shape index (κ1) is 22.0. The second-order valence-electron chi connectivity index (χ2n) is 6.50. The van der Waals surface area contributed by atoms with Crippen molar-refractivity contribution >= 4 is 17.3 Å². The molecule has 0 heterocycles. The van der Waals surface area contributed by atoms with Crippen LogP contribution >= 0.6 is 0 Å². The summed E-state index contributed by atoms with van der Waals surface area (Å²) in [5.41, 5.74) is 0. The summed E-state index contributed by atoms with van der Waals surface area (Å²) >= 11 is 0. The van der Waals surface area contributed by atoms with E-state index in [4.69, 9.17) is 0 Å². The van der Waals surface area contributed by atoms with Crippen LogP contribution in [0.4, 0.5) is 0 Å². The van der Waals surface area contributed by atoms with Gasteiger partial charge < -0.3 is 0 Å². The van der Waals surface area contributed by atoms with E-state index in [1.807, 2.05) is 34.6 Å². The highest BCUT2D eigenvalue weighted by Crippen LogP contribution is 2.36. The zero-order valence-corrected chi connectivity index (χ0v) is 16.0. The van der Waals surface area contributed by atoms with E-state index in [9.17, 15) is 14.4 Å². The highest BCUT2D eigenvalue weighted by atomic mass is 16.1. The fourth-order valence-corrected chi connectivity index (χ4v) is 3.56. The van der Waals surface area contributed by atoms with Crippen LogP contribution in [0.1, 0.15) is 86.5 Å². The molecule has 0 N–H and O–H groups in total. The highest BCUT2D eigenvalue weighted by molar-refractivity contribution is 5.95. The third-order valence-electron chi connectivity index (χ3n) is 5.00. The minimum atomic E-state index is -0.0720. The first-order valence-corrected chi connectivity index (χ1v) is 9.53. The first-order chi connectivity index (χ1) is 11.0. The van der Waals surface area contributed by atoms with E-state index in [2.05, 4.69) is 0 Å². The van der Waals surface area contributed by atoms with Crippen LogP contribution in [0.5, 0.6) is 0 Å². The van der Waals surface area contributed by atoms with Gasteiger partial charge in [0, 0.05) is 30.6 Å². The van der Waals surface area contributed by atoms with E-state index in [1.54, 1.807) is 6.92 Å². The Morgan fingerprint density at radius 3 is 1.91 bits per heavy atom. The Labute approximate surface area is 142 Å². The molecule has 2 aliphatic carbocycles. The lowest BCUT2D eigenvalue weighted by Gasteiger charge is -2.31. The van der Waals surface area contributed by atoms with E-state index >= 15 is 0 Å². The molecule has 23 heavy (non-hydrogen) atoms. The summed E-state index contributed by atoms with van der Waals surface area (Å²) in [4.78, 5) is 35.1. The maximum atomic E-state index is 12.0. The van der Waals surface area contributed by atoms with Crippen molar-refractivity contribution in [1.29, 1.82) is 0 Å². The fraction of sp³-hybridized carbons (Fsp3) is 0.850. The predicted octanol–water partition coefficient (Wildman–Crippen LogP) is 5.01. The molecule has 2 aliphatic rings. The predicted molar refractivity (Wildman–Crippen MR) is 95.3 cm³/mol. The third-order valence-corrected chi connectivity index (χ3v) is 5.00. The van der Waals surface area contributed by atoms with Crippen LogP contribution in [0.2, 0.25) is 0 Å². The molecule has 3 nitrogen and oxygen atoms in total. The van der Waals surface area contributed by atoms with Crippen molar-refractivity contribution < 1.29 is 14.4 Å². The first-order valence-electron chi connectivity index (χ1n) is 9.53. The molecule has 0 saturated heterocycles. The molecule has 2 saturated carbocycles. The van der Waals surface area contributed by atoms with Crippen LogP contribution in [0, 0.1) is 23.7 Å². The van der Waals surface area contributed by atoms with Crippen molar-refractivity contribution in [2.45, 2.75) is 86.5 Å². The van der Waals surface area contributed by atoms with Gasteiger partial charge >= 0.3 is 0 Å². The van der Waals surface area contributed by atoms with Crippen molar-refractivity contribution in [1.82, 2.24) is 0 Å². The number of ketones is 3. The van der Waals surface area contributed by atoms with Crippen LogP contribution in [-0.4, -0.2) is 17.3 Å². The van der Waals surface area contributed by atoms with Crippen molar-refractivity contribution in [2.24, 2.45) is 23.7 Å². The van der Waals surface area contributed by atoms with E-state index in [0.717, 1.165) is 32.1 Å². The Balaban J connectivity index is 0.00000112. The molecule has 134 valence electrons. The Kier molecular flexibility index (Phi) is 11.0. The van der Waals surface area contributed by atoms with Crippen molar-refractivity contribution in [3.05, 3.63) is 0 Å². The molecule has 0 aromatic carbocycles. The number of Topliss-reactive ketones (excluding diaryl/α,β-unsaturated/α-hetero) is 3. The summed E-state index contributed by atoms with van der Waals surface area (Å²) in [6.45, 7) is 11.5. The summed E-state index contributed by atoms with van der Waals surface area (Å²) in [5, 5.41) is 0. The minimum Gasteiger partial charge on any atom is -0.300 e. The van der Waals surface area contributed by atoms with Crippen molar-refractivity contribution in [3.63, 3.8) is 0 Å². The third kappa shape index (κ3) is 6.97. The summed E-state index contributed by atoms with van der Waals surface area (Å²) in [5.74, 6) is 1.49. The topological polar surface area (TPSA) is 51.2 Å². The maximum absolute atomic E-state index is 12.0. The van der Waals surface area contributed by atoms with Crippen molar-refractivity contribution in [2.75, 3.05) is 0 Å². The monoisotopic (exact) mass is 324 g/mol. The van der Waals surface area contributed by atoms with Crippen LogP contribution in [0.15, 0.2) is 0 Å². The summed E-state index contributed by atoms with van der Waals surface area (Å²) < 4.78 is 0. The summed E-state index contributed by atoms with van der Waals surface area (Å²) in [6, 6.07) is 0. The number of rotatable bonds is 3. The zero-order chi connectivity index (χ0) is 18.0. The van der Waals surface area contributed by atoms with E-state index in [1.165, 1.54) is 0 Å². The van der Waals surface area contributed by atoms with Gasteiger partial charge in [0.2, 0.25) is 0 Å². The van der Waals surface area contributed by atoms with E-state index in [-0.39, 0.29) is 29.3 Å². The molecule has 2 fully saturated rings. The standard InChI is InChI=1S/C16H24O3.2C2H6/c1-10-7-16(19)14(9-15(10)18)8-12-3-5-13(6-4-12)11(2)17;2*1-2/h10,12-14H,3-9H2,1-2H3;2*1-2H3. The molecule has 0 bridgehead atoms. The van der Waals surface area contributed by atoms with Gasteiger partial charge in [-0.15, -0.1) is 0 Å². The summed E-state index contributed by atoms with van der Waals surface area (Å²) in [6.07, 6.45) is 5.76. The molecule has 0 aliphatic heterocycles. The quantitative estimate of drug-likeness (QED) is 0.733. The lowest BCUT2D eigenvalue weighted by molar-refractivity contribution is -0.137. The smallest absolute Gasteiger partial charge is 0.137 e. The number of carbonyl (C=O) groups excluding carboxylic acids is 3. The largest absolute Gasteiger partial charge is 0.300 e. The van der Waals surface area contributed by atoms with Gasteiger partial charge in [-0.2, -0.15) is 0 Å². The average Bonchev–Trinajstić information content (AvgIpc) is 2.57. The van der Waals surface area contributed by atoms with Gasteiger partial charge in [0.15, 0.2) is 0 Å². The zero-order valence-electron chi connectivity index (χ0n) is 16.0. The SMILES string of the molecule is CC.CC.CC(=O)C1CCC(CC2CC(=O)C(C)CC2=O)CC1. The number of carbonyl (C=O) groups is 3. The lowest BCUT2D eigenvalue weighted by atomic mass is 9.72. The molecule has 2 atom stereocenters. The average molecular weight is 325 g/mol.